The van der Waals surface area contributed by atoms with Gasteiger partial charge in [-0.15, -0.1) is 0 Å². The SMILES string of the molecule is Cc1ccccc1C1=CC=CCC1(C)B(O)O. The van der Waals surface area contributed by atoms with Gasteiger partial charge in [0.25, 0.3) is 0 Å². The largest absolute Gasteiger partial charge is 0.462 e. The Bertz CT molecular complexity index is 477. The number of hydrogen-bond donors (Lipinski definition) is 2. The third kappa shape index (κ3) is 2.08. The second-order valence-electron chi connectivity index (χ2n) is 4.82. The van der Waals surface area contributed by atoms with Crippen LogP contribution in [0.5, 0.6) is 0 Å². The normalized spacial score (nSPS) is 23.4. The van der Waals surface area contributed by atoms with Crippen LogP contribution in [-0.4, -0.2) is 17.2 Å². The van der Waals surface area contributed by atoms with E-state index in [1.54, 1.807) is 0 Å². The van der Waals surface area contributed by atoms with Crippen LogP contribution in [0.1, 0.15) is 24.5 Å². The Morgan fingerprint density at radius 1 is 1.24 bits per heavy atom. The summed E-state index contributed by atoms with van der Waals surface area (Å²) in [5, 5.41) is 18.7. The van der Waals surface area contributed by atoms with Crippen LogP contribution >= 0.6 is 0 Å². The summed E-state index contributed by atoms with van der Waals surface area (Å²) in [6.45, 7) is 3.93. The van der Waals surface area contributed by atoms with Crippen molar-refractivity contribution < 1.29 is 10.0 Å². The second-order valence-corrected chi connectivity index (χ2v) is 4.82. The molecule has 88 valence electrons. The molecule has 1 aliphatic rings. The highest BCUT2D eigenvalue weighted by Gasteiger charge is 2.41. The van der Waals surface area contributed by atoms with Crippen LogP contribution in [0.4, 0.5) is 0 Å². The van der Waals surface area contributed by atoms with E-state index in [0.717, 1.165) is 16.7 Å². The lowest BCUT2D eigenvalue weighted by molar-refractivity contribution is 0.369. The van der Waals surface area contributed by atoms with E-state index in [4.69, 9.17) is 0 Å². The molecule has 0 saturated heterocycles. The van der Waals surface area contributed by atoms with Gasteiger partial charge in [0.1, 0.15) is 0 Å². The second kappa shape index (κ2) is 4.51. The Morgan fingerprint density at radius 3 is 2.59 bits per heavy atom. The van der Waals surface area contributed by atoms with E-state index in [9.17, 15) is 10.0 Å². The minimum atomic E-state index is -1.35. The van der Waals surface area contributed by atoms with Gasteiger partial charge >= 0.3 is 7.12 Å². The molecule has 0 spiro atoms. The maximum Gasteiger partial charge on any atom is 0.462 e. The molecule has 2 N–H and O–H groups in total. The van der Waals surface area contributed by atoms with E-state index in [-0.39, 0.29) is 0 Å². The number of aryl methyl sites for hydroxylation is 1. The van der Waals surface area contributed by atoms with Gasteiger partial charge in [-0.05, 0) is 30.0 Å². The Kier molecular flexibility index (Phi) is 3.23. The monoisotopic (exact) mass is 228 g/mol. The zero-order valence-corrected chi connectivity index (χ0v) is 10.2. The minimum absolute atomic E-state index is 0.624. The molecule has 1 aromatic carbocycles. The molecular formula is C14H17BO2. The van der Waals surface area contributed by atoms with E-state index in [0.29, 0.717) is 6.42 Å². The maximum absolute atomic E-state index is 9.64. The smallest absolute Gasteiger partial charge is 0.426 e. The molecule has 1 atom stereocenters. The number of allylic oxidation sites excluding steroid dienone is 4. The van der Waals surface area contributed by atoms with Gasteiger partial charge in [0, 0.05) is 5.31 Å². The molecule has 0 amide bonds. The van der Waals surface area contributed by atoms with Crippen molar-refractivity contribution in [2.45, 2.75) is 25.6 Å². The highest BCUT2D eigenvalue weighted by molar-refractivity contribution is 6.49. The molecule has 2 rings (SSSR count). The third-order valence-electron chi connectivity index (χ3n) is 3.56. The molecule has 0 aromatic heterocycles. The van der Waals surface area contributed by atoms with Gasteiger partial charge in [-0.2, -0.15) is 0 Å². The summed E-state index contributed by atoms with van der Waals surface area (Å²) in [5.74, 6) is 0. The zero-order chi connectivity index (χ0) is 12.5. The first-order valence-corrected chi connectivity index (χ1v) is 5.85. The van der Waals surface area contributed by atoms with Crippen molar-refractivity contribution in [1.82, 2.24) is 0 Å². The molecule has 0 saturated carbocycles. The highest BCUT2D eigenvalue weighted by atomic mass is 16.4. The summed E-state index contributed by atoms with van der Waals surface area (Å²) in [7, 11) is -1.35. The fourth-order valence-corrected chi connectivity index (χ4v) is 2.29. The van der Waals surface area contributed by atoms with Crippen molar-refractivity contribution in [3.8, 4) is 0 Å². The zero-order valence-electron chi connectivity index (χ0n) is 10.2. The molecule has 0 radical (unpaired) electrons. The summed E-state index contributed by atoms with van der Waals surface area (Å²) >= 11 is 0. The molecule has 3 heteroatoms. The molecule has 1 unspecified atom stereocenters. The van der Waals surface area contributed by atoms with Crippen LogP contribution in [0.15, 0.2) is 42.5 Å². The number of hydrogen-bond acceptors (Lipinski definition) is 2. The predicted octanol–water partition coefficient (Wildman–Crippen LogP) is 2.57. The summed E-state index contributed by atoms with van der Waals surface area (Å²) in [4.78, 5) is 0. The molecule has 0 fully saturated rings. The third-order valence-corrected chi connectivity index (χ3v) is 3.56. The molecule has 0 heterocycles. The van der Waals surface area contributed by atoms with Crippen LogP contribution in [0, 0.1) is 6.92 Å². The summed E-state index contributed by atoms with van der Waals surface area (Å²) in [6.07, 6.45) is 6.57. The quantitative estimate of drug-likeness (QED) is 0.763. The van der Waals surface area contributed by atoms with Gasteiger partial charge in [-0.1, -0.05) is 49.4 Å². The van der Waals surface area contributed by atoms with Crippen LogP contribution in [0.25, 0.3) is 5.57 Å². The molecule has 1 aliphatic carbocycles. The van der Waals surface area contributed by atoms with Gasteiger partial charge in [0.15, 0.2) is 0 Å². The van der Waals surface area contributed by atoms with Gasteiger partial charge in [-0.3, -0.25) is 0 Å². The van der Waals surface area contributed by atoms with Gasteiger partial charge < -0.3 is 10.0 Å². The van der Waals surface area contributed by atoms with E-state index in [1.807, 2.05) is 56.3 Å². The minimum Gasteiger partial charge on any atom is -0.426 e. The van der Waals surface area contributed by atoms with Crippen LogP contribution in [-0.2, 0) is 0 Å². The number of benzene rings is 1. The molecule has 1 aromatic rings. The topological polar surface area (TPSA) is 40.5 Å². The first kappa shape index (κ1) is 12.2. The average Bonchev–Trinajstić information content (AvgIpc) is 2.31. The first-order valence-electron chi connectivity index (χ1n) is 5.85. The van der Waals surface area contributed by atoms with Crippen molar-refractivity contribution >= 4 is 12.7 Å². The van der Waals surface area contributed by atoms with Crippen molar-refractivity contribution in [3.05, 3.63) is 53.6 Å². The van der Waals surface area contributed by atoms with E-state index < -0.39 is 12.4 Å². The summed E-state index contributed by atoms with van der Waals surface area (Å²) < 4.78 is 0. The van der Waals surface area contributed by atoms with Gasteiger partial charge in [0.05, 0.1) is 0 Å². The van der Waals surface area contributed by atoms with E-state index in [1.165, 1.54) is 0 Å². The van der Waals surface area contributed by atoms with E-state index >= 15 is 0 Å². The van der Waals surface area contributed by atoms with Crippen LogP contribution in [0.3, 0.4) is 0 Å². The average molecular weight is 228 g/mol. The lowest BCUT2D eigenvalue weighted by Gasteiger charge is -2.33. The first-order chi connectivity index (χ1) is 8.05. The van der Waals surface area contributed by atoms with Gasteiger partial charge in [-0.25, -0.2) is 0 Å². The molecular weight excluding hydrogens is 211 g/mol. The van der Waals surface area contributed by atoms with E-state index in [2.05, 4.69) is 0 Å². The molecule has 0 aliphatic heterocycles. The summed E-state index contributed by atoms with van der Waals surface area (Å²) in [6, 6.07) is 8.04. The highest BCUT2D eigenvalue weighted by Crippen LogP contribution is 2.48. The Balaban J connectivity index is 2.52. The standard InChI is InChI=1S/C14H17BO2/c1-11-7-3-4-8-12(11)13-9-5-6-10-14(13,2)15(16)17/h3-9,16-17H,10H2,1-2H3. The Morgan fingerprint density at radius 2 is 1.94 bits per heavy atom. The maximum atomic E-state index is 9.64. The van der Waals surface area contributed by atoms with Crippen molar-refractivity contribution in [1.29, 1.82) is 0 Å². The molecule has 17 heavy (non-hydrogen) atoms. The van der Waals surface area contributed by atoms with Gasteiger partial charge in [0.2, 0.25) is 0 Å². The van der Waals surface area contributed by atoms with Crippen LogP contribution < -0.4 is 0 Å². The fraction of sp³-hybridized carbons (Fsp3) is 0.286. The lowest BCUT2D eigenvalue weighted by Crippen LogP contribution is -2.32. The van der Waals surface area contributed by atoms with Crippen molar-refractivity contribution in [2.75, 3.05) is 0 Å². The predicted molar refractivity (Wildman–Crippen MR) is 71.5 cm³/mol. The fourth-order valence-electron chi connectivity index (χ4n) is 2.29. The van der Waals surface area contributed by atoms with Crippen molar-refractivity contribution in [3.63, 3.8) is 0 Å². The van der Waals surface area contributed by atoms with Crippen LogP contribution in [0.2, 0.25) is 5.31 Å². The Labute approximate surface area is 102 Å². The lowest BCUT2D eigenvalue weighted by atomic mass is 9.51. The summed E-state index contributed by atoms with van der Waals surface area (Å²) in [5.41, 5.74) is 3.24. The molecule has 0 bridgehead atoms. The molecule has 2 nitrogen and oxygen atoms in total. The number of rotatable bonds is 2. The van der Waals surface area contributed by atoms with Crippen molar-refractivity contribution in [2.24, 2.45) is 0 Å². The Hall–Kier alpha value is -1.32.